The van der Waals surface area contributed by atoms with Gasteiger partial charge in [0.15, 0.2) is 0 Å². The lowest BCUT2D eigenvalue weighted by atomic mass is 9.96. The first-order chi connectivity index (χ1) is 6.74. The van der Waals surface area contributed by atoms with Crippen LogP contribution in [0.4, 0.5) is 0 Å². The van der Waals surface area contributed by atoms with Crippen LogP contribution in [-0.4, -0.2) is 29.7 Å². The lowest BCUT2D eigenvalue weighted by Gasteiger charge is -2.11. The van der Waals surface area contributed by atoms with E-state index in [2.05, 4.69) is 5.10 Å². The van der Waals surface area contributed by atoms with Crippen molar-refractivity contribution in [1.29, 1.82) is 0 Å². The van der Waals surface area contributed by atoms with E-state index >= 15 is 0 Å². The standard InChI is InChI=1S/C10H19N3O/c1-3-9-8(6-5-7-11)10(14)13(4-2)12-9/h8H,3-7,11H2,1-2H3. The highest BCUT2D eigenvalue weighted by Gasteiger charge is 2.32. The molecule has 0 saturated carbocycles. The fourth-order valence-electron chi connectivity index (χ4n) is 1.75. The summed E-state index contributed by atoms with van der Waals surface area (Å²) < 4.78 is 0. The molecule has 0 aromatic heterocycles. The van der Waals surface area contributed by atoms with E-state index in [1.54, 1.807) is 5.01 Å². The van der Waals surface area contributed by atoms with Gasteiger partial charge in [-0.15, -0.1) is 0 Å². The van der Waals surface area contributed by atoms with Gasteiger partial charge in [-0.05, 0) is 32.7 Å². The summed E-state index contributed by atoms with van der Waals surface area (Å²) in [6.07, 6.45) is 2.60. The van der Waals surface area contributed by atoms with Crippen molar-refractivity contribution >= 4 is 11.6 Å². The summed E-state index contributed by atoms with van der Waals surface area (Å²) >= 11 is 0. The molecule has 0 radical (unpaired) electrons. The van der Waals surface area contributed by atoms with Crippen molar-refractivity contribution in [2.24, 2.45) is 16.8 Å². The van der Waals surface area contributed by atoms with E-state index < -0.39 is 0 Å². The third kappa shape index (κ3) is 2.12. The van der Waals surface area contributed by atoms with Gasteiger partial charge in [-0.1, -0.05) is 6.92 Å². The Hall–Kier alpha value is -0.900. The Bertz CT molecular complexity index is 238. The maximum absolute atomic E-state index is 11.8. The van der Waals surface area contributed by atoms with Crippen molar-refractivity contribution in [3.05, 3.63) is 0 Å². The molecule has 0 fully saturated rings. The van der Waals surface area contributed by atoms with Crippen LogP contribution < -0.4 is 5.73 Å². The average molecular weight is 197 g/mol. The first-order valence-electron chi connectivity index (χ1n) is 5.33. The fourth-order valence-corrected chi connectivity index (χ4v) is 1.75. The monoisotopic (exact) mass is 197 g/mol. The van der Waals surface area contributed by atoms with Crippen molar-refractivity contribution in [1.82, 2.24) is 5.01 Å². The predicted molar refractivity (Wildman–Crippen MR) is 56.9 cm³/mol. The Morgan fingerprint density at radius 3 is 2.71 bits per heavy atom. The molecule has 2 N–H and O–H groups in total. The molecule has 1 amide bonds. The maximum Gasteiger partial charge on any atom is 0.251 e. The Morgan fingerprint density at radius 2 is 2.21 bits per heavy atom. The van der Waals surface area contributed by atoms with Crippen LogP contribution >= 0.6 is 0 Å². The van der Waals surface area contributed by atoms with Crippen LogP contribution in [-0.2, 0) is 4.79 Å². The van der Waals surface area contributed by atoms with E-state index in [-0.39, 0.29) is 11.8 Å². The third-order valence-electron chi connectivity index (χ3n) is 2.56. The smallest absolute Gasteiger partial charge is 0.251 e. The van der Waals surface area contributed by atoms with Crippen LogP contribution in [0.2, 0.25) is 0 Å². The Labute approximate surface area is 85.1 Å². The van der Waals surface area contributed by atoms with Crippen LogP contribution in [0, 0.1) is 5.92 Å². The molecule has 4 nitrogen and oxygen atoms in total. The molecular formula is C10H19N3O. The predicted octanol–water partition coefficient (Wildman–Crippen LogP) is 0.970. The number of carbonyl (C=O) groups is 1. The molecule has 0 spiro atoms. The summed E-state index contributed by atoms with van der Waals surface area (Å²) in [5, 5.41) is 5.87. The van der Waals surface area contributed by atoms with Crippen molar-refractivity contribution < 1.29 is 4.79 Å². The van der Waals surface area contributed by atoms with Crippen LogP contribution in [0.5, 0.6) is 0 Å². The SMILES string of the molecule is CCC1=NN(CC)C(=O)C1CCCN. The van der Waals surface area contributed by atoms with E-state index in [9.17, 15) is 4.79 Å². The summed E-state index contributed by atoms with van der Waals surface area (Å²) in [6.45, 7) is 5.30. The molecule has 80 valence electrons. The second-order valence-corrected chi connectivity index (χ2v) is 3.48. The van der Waals surface area contributed by atoms with E-state index in [1.807, 2.05) is 13.8 Å². The third-order valence-corrected chi connectivity index (χ3v) is 2.56. The number of nitrogens with two attached hydrogens (primary N) is 1. The summed E-state index contributed by atoms with van der Waals surface area (Å²) in [7, 11) is 0. The molecule has 1 aliphatic heterocycles. The van der Waals surface area contributed by atoms with Gasteiger partial charge >= 0.3 is 0 Å². The van der Waals surface area contributed by atoms with Gasteiger partial charge in [0, 0.05) is 6.54 Å². The van der Waals surface area contributed by atoms with Gasteiger partial charge in [-0.25, -0.2) is 5.01 Å². The molecule has 4 heteroatoms. The number of hydrazone groups is 1. The van der Waals surface area contributed by atoms with E-state index in [4.69, 9.17) is 5.73 Å². The van der Waals surface area contributed by atoms with Gasteiger partial charge in [-0.3, -0.25) is 4.79 Å². The zero-order chi connectivity index (χ0) is 10.6. The first-order valence-corrected chi connectivity index (χ1v) is 5.33. The fraction of sp³-hybridized carbons (Fsp3) is 0.800. The number of nitrogens with zero attached hydrogens (tertiary/aromatic N) is 2. The minimum atomic E-state index is 0.00324. The molecule has 0 aliphatic carbocycles. The van der Waals surface area contributed by atoms with Gasteiger partial charge in [0.2, 0.25) is 0 Å². The van der Waals surface area contributed by atoms with Crippen LogP contribution in [0.1, 0.15) is 33.1 Å². The van der Waals surface area contributed by atoms with Crippen LogP contribution in [0.15, 0.2) is 5.10 Å². The molecule has 1 unspecified atom stereocenters. The Balaban J connectivity index is 2.64. The second kappa shape index (κ2) is 5.10. The normalized spacial score (nSPS) is 21.6. The topological polar surface area (TPSA) is 58.7 Å². The van der Waals surface area contributed by atoms with Gasteiger partial charge in [0.05, 0.1) is 11.6 Å². The largest absolute Gasteiger partial charge is 0.330 e. The molecule has 0 saturated heterocycles. The number of amides is 1. The van der Waals surface area contributed by atoms with Crippen LogP contribution in [0.3, 0.4) is 0 Å². The highest BCUT2D eigenvalue weighted by molar-refractivity contribution is 6.07. The van der Waals surface area contributed by atoms with E-state index in [0.29, 0.717) is 13.1 Å². The maximum atomic E-state index is 11.8. The molecule has 1 aliphatic rings. The zero-order valence-corrected chi connectivity index (χ0v) is 8.99. The van der Waals surface area contributed by atoms with Crippen molar-refractivity contribution in [3.63, 3.8) is 0 Å². The van der Waals surface area contributed by atoms with Gasteiger partial charge < -0.3 is 5.73 Å². The molecule has 0 bridgehead atoms. The highest BCUT2D eigenvalue weighted by Crippen LogP contribution is 2.21. The lowest BCUT2D eigenvalue weighted by molar-refractivity contribution is -0.131. The minimum Gasteiger partial charge on any atom is -0.330 e. The van der Waals surface area contributed by atoms with Gasteiger partial charge in [-0.2, -0.15) is 5.10 Å². The van der Waals surface area contributed by atoms with Gasteiger partial charge in [0.1, 0.15) is 0 Å². The number of hydrogen-bond acceptors (Lipinski definition) is 3. The van der Waals surface area contributed by atoms with Crippen molar-refractivity contribution in [2.75, 3.05) is 13.1 Å². The molecule has 14 heavy (non-hydrogen) atoms. The Kier molecular flexibility index (Phi) is 4.07. The Morgan fingerprint density at radius 1 is 1.50 bits per heavy atom. The molecule has 0 aromatic rings. The van der Waals surface area contributed by atoms with E-state index in [1.165, 1.54) is 0 Å². The lowest BCUT2D eigenvalue weighted by Crippen LogP contribution is -2.27. The summed E-state index contributed by atoms with van der Waals surface area (Å²) in [4.78, 5) is 11.8. The first kappa shape index (κ1) is 11.2. The van der Waals surface area contributed by atoms with Gasteiger partial charge in [0.25, 0.3) is 5.91 Å². The molecular weight excluding hydrogens is 178 g/mol. The summed E-state index contributed by atoms with van der Waals surface area (Å²) in [5.41, 5.74) is 6.46. The number of hydrogen-bond donors (Lipinski definition) is 1. The molecule has 1 heterocycles. The average Bonchev–Trinajstić information content (AvgIpc) is 2.52. The summed E-state index contributed by atoms with van der Waals surface area (Å²) in [5.74, 6) is 0.154. The summed E-state index contributed by atoms with van der Waals surface area (Å²) in [6, 6.07) is 0. The van der Waals surface area contributed by atoms with Crippen molar-refractivity contribution in [3.8, 4) is 0 Å². The highest BCUT2D eigenvalue weighted by atomic mass is 16.2. The molecule has 0 aromatic carbocycles. The molecule has 1 atom stereocenters. The molecule has 1 rings (SSSR count). The van der Waals surface area contributed by atoms with Crippen LogP contribution in [0.25, 0.3) is 0 Å². The second-order valence-electron chi connectivity index (χ2n) is 3.48. The number of rotatable bonds is 5. The van der Waals surface area contributed by atoms with E-state index in [0.717, 1.165) is 25.0 Å². The minimum absolute atomic E-state index is 0.00324. The quantitative estimate of drug-likeness (QED) is 0.714. The number of carbonyl (C=O) groups excluding carboxylic acids is 1. The van der Waals surface area contributed by atoms with Crippen molar-refractivity contribution in [2.45, 2.75) is 33.1 Å². The zero-order valence-electron chi connectivity index (χ0n) is 8.99.